The summed E-state index contributed by atoms with van der Waals surface area (Å²) in [6, 6.07) is -1.65. The van der Waals surface area contributed by atoms with E-state index < -0.39 is 24.6 Å². The number of amides is 2. The Hall–Kier alpha value is -1.34. The number of piperazine rings is 1. The summed E-state index contributed by atoms with van der Waals surface area (Å²) in [4.78, 5) is 26.2. The second-order valence-corrected chi connectivity index (χ2v) is 4.33. The zero-order valence-electron chi connectivity index (χ0n) is 10.1. The molecule has 0 radical (unpaired) electrons. The maximum Gasteiger partial charge on any atom is 0.328 e. The first-order chi connectivity index (χ1) is 7.95. The van der Waals surface area contributed by atoms with Crippen LogP contribution in [0, 0.1) is 0 Å². The predicted molar refractivity (Wildman–Crippen MR) is 60.7 cm³/mol. The molecule has 0 aromatic carbocycles. The highest BCUT2D eigenvalue weighted by Crippen LogP contribution is 2.08. The van der Waals surface area contributed by atoms with E-state index in [1.54, 1.807) is 4.90 Å². The molecule has 1 unspecified atom stereocenters. The molecule has 98 valence electrons. The molecule has 0 bridgehead atoms. The second-order valence-electron chi connectivity index (χ2n) is 4.33. The Morgan fingerprint density at radius 1 is 1.47 bits per heavy atom. The molecule has 1 aliphatic heterocycles. The molecule has 0 aromatic heterocycles. The number of carboxylic acid groups (broad SMARTS) is 1. The van der Waals surface area contributed by atoms with Crippen molar-refractivity contribution < 1.29 is 19.8 Å². The van der Waals surface area contributed by atoms with E-state index in [-0.39, 0.29) is 6.04 Å². The van der Waals surface area contributed by atoms with Gasteiger partial charge < -0.3 is 25.3 Å². The third kappa shape index (κ3) is 3.57. The van der Waals surface area contributed by atoms with Crippen LogP contribution in [0.25, 0.3) is 0 Å². The summed E-state index contributed by atoms with van der Waals surface area (Å²) in [5.41, 5.74) is 0. The smallest absolute Gasteiger partial charge is 0.328 e. The van der Waals surface area contributed by atoms with Gasteiger partial charge >= 0.3 is 12.0 Å². The minimum atomic E-state index is -1.24. The molecule has 0 spiro atoms. The van der Waals surface area contributed by atoms with Crippen molar-refractivity contribution in [1.29, 1.82) is 0 Å². The number of carboxylic acids is 1. The zero-order chi connectivity index (χ0) is 13.0. The average molecular weight is 245 g/mol. The summed E-state index contributed by atoms with van der Waals surface area (Å²) in [5, 5.41) is 19.9. The normalized spacial score (nSPS) is 23.2. The third-order valence-corrected chi connectivity index (χ3v) is 2.87. The van der Waals surface area contributed by atoms with Crippen LogP contribution in [0.1, 0.15) is 6.92 Å². The van der Waals surface area contributed by atoms with E-state index in [2.05, 4.69) is 10.2 Å². The van der Waals surface area contributed by atoms with Crippen LogP contribution in [-0.4, -0.2) is 77.4 Å². The molecule has 1 fully saturated rings. The van der Waals surface area contributed by atoms with E-state index in [4.69, 9.17) is 10.2 Å². The van der Waals surface area contributed by atoms with Crippen LogP contribution in [0.15, 0.2) is 0 Å². The average Bonchev–Trinajstić information content (AvgIpc) is 2.24. The molecule has 1 aliphatic rings. The summed E-state index contributed by atoms with van der Waals surface area (Å²) in [5.74, 6) is -1.23. The monoisotopic (exact) mass is 245 g/mol. The van der Waals surface area contributed by atoms with Crippen molar-refractivity contribution in [3.8, 4) is 0 Å². The van der Waals surface area contributed by atoms with Gasteiger partial charge in [0.2, 0.25) is 0 Å². The number of rotatable bonds is 3. The van der Waals surface area contributed by atoms with Crippen molar-refractivity contribution in [1.82, 2.24) is 15.1 Å². The van der Waals surface area contributed by atoms with Gasteiger partial charge in [-0.2, -0.15) is 0 Å². The minimum absolute atomic E-state index is 0.0295. The Balaban J connectivity index is 2.55. The number of hydrogen-bond donors (Lipinski definition) is 3. The fourth-order valence-electron chi connectivity index (χ4n) is 1.86. The van der Waals surface area contributed by atoms with E-state index >= 15 is 0 Å². The van der Waals surface area contributed by atoms with Gasteiger partial charge in [-0.3, -0.25) is 0 Å². The fraction of sp³-hybridized carbons (Fsp3) is 0.800. The van der Waals surface area contributed by atoms with Gasteiger partial charge in [0.1, 0.15) is 0 Å². The van der Waals surface area contributed by atoms with Crippen LogP contribution in [0.4, 0.5) is 4.79 Å². The van der Waals surface area contributed by atoms with Crippen LogP contribution < -0.4 is 5.32 Å². The standard InChI is InChI=1S/C10H19N3O4/c1-7-5-12(2)3-4-13(7)10(17)11-8(6-14)9(15)16/h7-8,14H,3-6H2,1-2H3,(H,11,17)(H,15,16)/t7?,8-/m1/s1. The fourth-order valence-corrected chi connectivity index (χ4v) is 1.86. The van der Waals surface area contributed by atoms with Crippen molar-refractivity contribution in [2.24, 2.45) is 0 Å². The molecule has 0 aliphatic carbocycles. The number of carbonyl (C=O) groups excluding carboxylic acids is 1. The highest BCUT2D eigenvalue weighted by atomic mass is 16.4. The molecule has 7 heteroatoms. The molecule has 0 saturated carbocycles. The van der Waals surface area contributed by atoms with E-state index in [9.17, 15) is 9.59 Å². The Morgan fingerprint density at radius 2 is 2.12 bits per heavy atom. The van der Waals surface area contributed by atoms with Crippen molar-refractivity contribution >= 4 is 12.0 Å². The molecule has 17 heavy (non-hydrogen) atoms. The number of urea groups is 1. The summed E-state index contributed by atoms with van der Waals surface area (Å²) < 4.78 is 0. The molecule has 3 N–H and O–H groups in total. The Labute approximate surface area is 100.0 Å². The largest absolute Gasteiger partial charge is 0.480 e. The summed E-state index contributed by atoms with van der Waals surface area (Å²) in [6.07, 6.45) is 0. The van der Waals surface area contributed by atoms with Crippen molar-refractivity contribution in [2.45, 2.75) is 19.0 Å². The first-order valence-electron chi connectivity index (χ1n) is 5.55. The number of hydrogen-bond acceptors (Lipinski definition) is 4. The van der Waals surface area contributed by atoms with Gasteiger partial charge in [-0.15, -0.1) is 0 Å². The van der Waals surface area contributed by atoms with Crippen molar-refractivity contribution in [2.75, 3.05) is 33.3 Å². The number of aliphatic hydroxyl groups excluding tert-OH is 1. The maximum absolute atomic E-state index is 11.8. The number of aliphatic hydroxyl groups is 1. The van der Waals surface area contributed by atoms with Crippen molar-refractivity contribution in [3.05, 3.63) is 0 Å². The van der Waals surface area contributed by atoms with Crippen LogP contribution >= 0.6 is 0 Å². The topological polar surface area (TPSA) is 93.1 Å². The number of aliphatic carboxylic acids is 1. The maximum atomic E-state index is 11.8. The second kappa shape index (κ2) is 5.83. The number of carbonyl (C=O) groups is 2. The lowest BCUT2D eigenvalue weighted by atomic mass is 10.2. The van der Waals surface area contributed by atoms with Crippen LogP contribution in [0.3, 0.4) is 0 Å². The Kier molecular flexibility index (Phi) is 4.71. The summed E-state index contributed by atoms with van der Waals surface area (Å²) in [7, 11) is 1.97. The Bertz CT molecular complexity index is 297. The third-order valence-electron chi connectivity index (χ3n) is 2.87. The lowest BCUT2D eigenvalue weighted by molar-refractivity contribution is -0.140. The van der Waals surface area contributed by atoms with Gasteiger partial charge in [-0.1, -0.05) is 0 Å². The number of likely N-dealkylation sites (N-methyl/N-ethyl adjacent to an activating group) is 1. The lowest BCUT2D eigenvalue weighted by Crippen LogP contribution is -2.58. The molecule has 2 atom stereocenters. The van der Waals surface area contributed by atoms with E-state index in [1.807, 2.05) is 14.0 Å². The van der Waals surface area contributed by atoms with Gasteiger partial charge in [-0.25, -0.2) is 9.59 Å². The summed E-state index contributed by atoms with van der Waals surface area (Å²) >= 11 is 0. The Morgan fingerprint density at radius 3 is 2.59 bits per heavy atom. The molecule has 1 heterocycles. The van der Waals surface area contributed by atoms with E-state index in [0.29, 0.717) is 6.54 Å². The number of nitrogens with zero attached hydrogens (tertiary/aromatic N) is 2. The van der Waals surface area contributed by atoms with Gasteiger partial charge in [0.25, 0.3) is 0 Å². The first-order valence-corrected chi connectivity index (χ1v) is 5.55. The summed E-state index contributed by atoms with van der Waals surface area (Å²) in [6.45, 7) is 3.37. The predicted octanol–water partition coefficient (Wildman–Crippen LogP) is -1.22. The van der Waals surface area contributed by atoms with Crippen molar-refractivity contribution in [3.63, 3.8) is 0 Å². The van der Waals surface area contributed by atoms with E-state index in [0.717, 1.165) is 13.1 Å². The molecule has 1 rings (SSSR count). The van der Waals surface area contributed by atoms with Gasteiger partial charge in [0.05, 0.1) is 6.61 Å². The van der Waals surface area contributed by atoms with Crippen LogP contribution in [0.5, 0.6) is 0 Å². The molecule has 0 aromatic rings. The van der Waals surface area contributed by atoms with Crippen LogP contribution in [0.2, 0.25) is 0 Å². The highest BCUT2D eigenvalue weighted by molar-refractivity contribution is 5.82. The van der Waals surface area contributed by atoms with E-state index in [1.165, 1.54) is 0 Å². The van der Waals surface area contributed by atoms with Crippen LogP contribution in [-0.2, 0) is 4.79 Å². The van der Waals surface area contributed by atoms with Gasteiger partial charge in [0, 0.05) is 25.7 Å². The molecular weight excluding hydrogens is 226 g/mol. The molecular formula is C10H19N3O4. The quantitative estimate of drug-likeness (QED) is 0.579. The molecule has 1 saturated heterocycles. The SMILES string of the molecule is CC1CN(C)CCN1C(=O)N[C@H](CO)C(=O)O. The van der Waals surface area contributed by atoms with Gasteiger partial charge in [-0.05, 0) is 14.0 Å². The minimum Gasteiger partial charge on any atom is -0.480 e. The van der Waals surface area contributed by atoms with Gasteiger partial charge in [0.15, 0.2) is 6.04 Å². The first kappa shape index (κ1) is 13.7. The molecule has 2 amide bonds. The number of nitrogens with one attached hydrogen (secondary N) is 1. The lowest BCUT2D eigenvalue weighted by Gasteiger charge is -2.38. The zero-order valence-corrected chi connectivity index (χ0v) is 10.1. The highest BCUT2D eigenvalue weighted by Gasteiger charge is 2.28. The molecule has 7 nitrogen and oxygen atoms in total.